The normalized spacial score (nSPS) is 14.2. The molecular weight excluding hydrogens is 226 g/mol. The van der Waals surface area contributed by atoms with Gasteiger partial charge >= 0.3 is 5.97 Å². The van der Waals surface area contributed by atoms with Crippen LogP contribution in [0.3, 0.4) is 0 Å². The molecule has 0 aliphatic rings. The molecular formula is C15H23NO2. The van der Waals surface area contributed by atoms with Crippen LogP contribution in [-0.2, 0) is 11.2 Å². The molecule has 1 rings (SSSR count). The summed E-state index contributed by atoms with van der Waals surface area (Å²) in [5, 5.41) is 9.50. The molecule has 3 nitrogen and oxygen atoms in total. The van der Waals surface area contributed by atoms with Crippen molar-refractivity contribution in [3.63, 3.8) is 0 Å². The Morgan fingerprint density at radius 3 is 2.56 bits per heavy atom. The van der Waals surface area contributed by atoms with E-state index in [0.29, 0.717) is 12.8 Å². The van der Waals surface area contributed by atoms with E-state index in [1.807, 2.05) is 32.9 Å². The van der Waals surface area contributed by atoms with Gasteiger partial charge in [0.05, 0.1) is 5.41 Å². The molecule has 0 heterocycles. The average Bonchev–Trinajstić information content (AvgIpc) is 2.32. The van der Waals surface area contributed by atoms with Crippen molar-refractivity contribution in [2.75, 3.05) is 6.54 Å². The Morgan fingerprint density at radius 1 is 1.39 bits per heavy atom. The van der Waals surface area contributed by atoms with Crippen molar-refractivity contribution in [2.45, 2.75) is 40.0 Å². The van der Waals surface area contributed by atoms with Gasteiger partial charge in [0, 0.05) is 6.54 Å². The second kappa shape index (κ2) is 6.01. The predicted octanol–water partition coefficient (Wildman–Crippen LogP) is 2.68. The minimum atomic E-state index is -0.826. The summed E-state index contributed by atoms with van der Waals surface area (Å²) in [6.07, 6.45) is 1.96. The van der Waals surface area contributed by atoms with Crippen molar-refractivity contribution in [1.29, 1.82) is 0 Å². The van der Waals surface area contributed by atoms with Crippen molar-refractivity contribution < 1.29 is 9.90 Å². The van der Waals surface area contributed by atoms with Gasteiger partial charge in [-0.1, -0.05) is 37.1 Å². The summed E-state index contributed by atoms with van der Waals surface area (Å²) in [6.45, 7) is 6.22. The van der Waals surface area contributed by atoms with Crippen molar-refractivity contribution >= 4 is 5.97 Å². The summed E-state index contributed by atoms with van der Waals surface area (Å²) in [5.41, 5.74) is 8.31. The SMILES string of the molecule is CCCC(CN)(Cc1cc(C)ccc1C)C(=O)O. The lowest BCUT2D eigenvalue weighted by atomic mass is 9.77. The second-order valence-electron chi connectivity index (χ2n) is 5.15. The number of aliphatic carboxylic acids is 1. The second-order valence-corrected chi connectivity index (χ2v) is 5.15. The van der Waals surface area contributed by atoms with Crippen LogP contribution in [0.1, 0.15) is 36.5 Å². The first kappa shape index (κ1) is 14.7. The molecule has 1 unspecified atom stereocenters. The van der Waals surface area contributed by atoms with Crippen LogP contribution in [0.25, 0.3) is 0 Å². The fourth-order valence-electron chi connectivity index (χ4n) is 2.37. The zero-order chi connectivity index (χ0) is 13.8. The number of hydrogen-bond acceptors (Lipinski definition) is 2. The monoisotopic (exact) mass is 249 g/mol. The Balaban J connectivity index is 3.09. The Labute approximate surface area is 109 Å². The number of carbonyl (C=O) groups is 1. The summed E-state index contributed by atoms with van der Waals surface area (Å²) in [7, 11) is 0. The highest BCUT2D eigenvalue weighted by Crippen LogP contribution is 2.29. The molecule has 0 amide bonds. The molecule has 0 bridgehead atoms. The van der Waals surface area contributed by atoms with Crippen LogP contribution in [0.4, 0.5) is 0 Å². The summed E-state index contributed by atoms with van der Waals surface area (Å²) >= 11 is 0. The third kappa shape index (κ3) is 3.10. The van der Waals surface area contributed by atoms with E-state index in [2.05, 4.69) is 6.07 Å². The van der Waals surface area contributed by atoms with Gasteiger partial charge in [0.2, 0.25) is 0 Å². The molecule has 100 valence electrons. The smallest absolute Gasteiger partial charge is 0.311 e. The molecule has 18 heavy (non-hydrogen) atoms. The van der Waals surface area contributed by atoms with Gasteiger partial charge in [-0.25, -0.2) is 0 Å². The molecule has 3 N–H and O–H groups in total. The van der Waals surface area contributed by atoms with Crippen LogP contribution in [-0.4, -0.2) is 17.6 Å². The summed E-state index contributed by atoms with van der Waals surface area (Å²) < 4.78 is 0. The largest absolute Gasteiger partial charge is 0.481 e. The molecule has 0 aliphatic carbocycles. The molecule has 1 atom stereocenters. The fourth-order valence-corrected chi connectivity index (χ4v) is 2.37. The molecule has 0 radical (unpaired) electrons. The van der Waals surface area contributed by atoms with Gasteiger partial charge in [0.15, 0.2) is 0 Å². The quantitative estimate of drug-likeness (QED) is 0.814. The van der Waals surface area contributed by atoms with Crippen LogP contribution in [0.2, 0.25) is 0 Å². The van der Waals surface area contributed by atoms with Crippen molar-refractivity contribution in [1.82, 2.24) is 0 Å². The van der Waals surface area contributed by atoms with Gasteiger partial charge in [0.25, 0.3) is 0 Å². The molecule has 1 aromatic rings. The van der Waals surface area contributed by atoms with E-state index in [1.165, 1.54) is 0 Å². The maximum atomic E-state index is 11.6. The van der Waals surface area contributed by atoms with E-state index >= 15 is 0 Å². The number of nitrogens with two attached hydrogens (primary N) is 1. The third-order valence-electron chi connectivity index (χ3n) is 3.61. The predicted molar refractivity (Wildman–Crippen MR) is 73.7 cm³/mol. The molecule has 0 spiro atoms. The highest BCUT2D eigenvalue weighted by Gasteiger charge is 2.36. The summed E-state index contributed by atoms with van der Waals surface area (Å²) in [5.74, 6) is -0.784. The van der Waals surface area contributed by atoms with E-state index in [0.717, 1.165) is 23.1 Å². The number of aryl methyl sites for hydroxylation is 2. The maximum absolute atomic E-state index is 11.6. The lowest BCUT2D eigenvalue weighted by molar-refractivity contribution is -0.148. The zero-order valence-electron chi connectivity index (χ0n) is 11.5. The average molecular weight is 249 g/mol. The Hall–Kier alpha value is -1.35. The van der Waals surface area contributed by atoms with Crippen LogP contribution in [0.15, 0.2) is 18.2 Å². The van der Waals surface area contributed by atoms with Crippen LogP contribution < -0.4 is 5.73 Å². The van der Waals surface area contributed by atoms with E-state index in [1.54, 1.807) is 0 Å². The Kier molecular flexibility index (Phi) is 4.91. The lowest BCUT2D eigenvalue weighted by Gasteiger charge is -2.28. The third-order valence-corrected chi connectivity index (χ3v) is 3.61. The zero-order valence-corrected chi connectivity index (χ0v) is 11.5. The highest BCUT2D eigenvalue weighted by atomic mass is 16.4. The minimum absolute atomic E-state index is 0.184. The van der Waals surface area contributed by atoms with Crippen LogP contribution >= 0.6 is 0 Å². The number of hydrogen-bond donors (Lipinski definition) is 2. The minimum Gasteiger partial charge on any atom is -0.481 e. The van der Waals surface area contributed by atoms with Crippen LogP contribution in [0, 0.1) is 19.3 Å². The maximum Gasteiger partial charge on any atom is 0.311 e. The first-order valence-corrected chi connectivity index (χ1v) is 6.45. The topological polar surface area (TPSA) is 63.3 Å². The molecule has 1 aromatic carbocycles. The van der Waals surface area contributed by atoms with E-state index < -0.39 is 11.4 Å². The number of carboxylic acid groups (broad SMARTS) is 1. The van der Waals surface area contributed by atoms with Gasteiger partial charge in [-0.3, -0.25) is 4.79 Å². The lowest BCUT2D eigenvalue weighted by Crippen LogP contribution is -2.40. The van der Waals surface area contributed by atoms with E-state index in [9.17, 15) is 9.90 Å². The molecule has 0 aliphatic heterocycles. The van der Waals surface area contributed by atoms with Crippen LogP contribution in [0.5, 0.6) is 0 Å². The first-order chi connectivity index (χ1) is 8.45. The number of rotatable bonds is 6. The van der Waals surface area contributed by atoms with Crippen molar-refractivity contribution in [2.24, 2.45) is 11.1 Å². The first-order valence-electron chi connectivity index (χ1n) is 6.45. The van der Waals surface area contributed by atoms with E-state index in [4.69, 9.17) is 5.73 Å². The van der Waals surface area contributed by atoms with Gasteiger partial charge < -0.3 is 10.8 Å². The number of carboxylic acids is 1. The van der Waals surface area contributed by atoms with Gasteiger partial charge in [-0.15, -0.1) is 0 Å². The summed E-state index contributed by atoms with van der Waals surface area (Å²) in [6, 6.07) is 6.15. The molecule has 0 saturated heterocycles. The Bertz CT molecular complexity index is 429. The van der Waals surface area contributed by atoms with Crippen molar-refractivity contribution in [3.05, 3.63) is 34.9 Å². The summed E-state index contributed by atoms with van der Waals surface area (Å²) in [4.78, 5) is 11.6. The Morgan fingerprint density at radius 2 is 2.06 bits per heavy atom. The molecule has 3 heteroatoms. The molecule has 0 aromatic heterocycles. The van der Waals surface area contributed by atoms with Gasteiger partial charge in [-0.2, -0.15) is 0 Å². The highest BCUT2D eigenvalue weighted by molar-refractivity contribution is 5.75. The van der Waals surface area contributed by atoms with Gasteiger partial charge in [0.1, 0.15) is 0 Å². The molecule has 0 fully saturated rings. The van der Waals surface area contributed by atoms with Gasteiger partial charge in [-0.05, 0) is 37.8 Å². The van der Waals surface area contributed by atoms with Crippen molar-refractivity contribution in [3.8, 4) is 0 Å². The molecule has 0 saturated carbocycles. The standard InChI is InChI=1S/C15H23NO2/c1-4-7-15(10-16,14(17)18)9-13-8-11(2)5-6-12(13)3/h5-6,8H,4,7,9-10,16H2,1-3H3,(H,17,18). The number of benzene rings is 1. The fraction of sp³-hybridized carbons (Fsp3) is 0.533. The van der Waals surface area contributed by atoms with E-state index in [-0.39, 0.29) is 6.54 Å².